The van der Waals surface area contributed by atoms with Crippen LogP contribution in [0.2, 0.25) is 0 Å². The zero-order chi connectivity index (χ0) is 13.2. The first-order chi connectivity index (χ1) is 8.53. The molecule has 102 valence electrons. The lowest BCUT2D eigenvalue weighted by Crippen LogP contribution is -2.34. The number of alkyl halides is 2. The Balaban J connectivity index is 2.10. The van der Waals surface area contributed by atoms with Gasteiger partial charge in [0.05, 0.1) is 16.8 Å². The van der Waals surface area contributed by atoms with Gasteiger partial charge in [-0.25, -0.2) is 8.78 Å². The summed E-state index contributed by atoms with van der Waals surface area (Å²) in [6, 6.07) is 1.87. The maximum absolute atomic E-state index is 13.2. The van der Waals surface area contributed by atoms with Gasteiger partial charge in [0, 0.05) is 12.8 Å². The summed E-state index contributed by atoms with van der Waals surface area (Å²) in [6.45, 7) is 2.81. The zero-order valence-electron chi connectivity index (χ0n) is 10.4. The number of hydrogen-bond donors (Lipinski definition) is 1. The van der Waals surface area contributed by atoms with Gasteiger partial charge in [-0.3, -0.25) is 0 Å². The predicted octanol–water partition coefficient (Wildman–Crippen LogP) is 4.52. The molecular weight excluding hydrogens is 304 g/mol. The highest BCUT2D eigenvalue weighted by molar-refractivity contribution is 9.10. The highest BCUT2D eigenvalue weighted by Crippen LogP contribution is 2.42. The van der Waals surface area contributed by atoms with Crippen LogP contribution in [0.1, 0.15) is 44.4 Å². The van der Waals surface area contributed by atoms with E-state index in [9.17, 15) is 8.78 Å². The molecular formula is C13H18BrF2NO. The summed E-state index contributed by atoms with van der Waals surface area (Å²) in [5, 5.41) is 3.35. The lowest BCUT2D eigenvalue weighted by atomic mass is 9.81. The summed E-state index contributed by atoms with van der Waals surface area (Å²) in [5.74, 6) is -1.44. The van der Waals surface area contributed by atoms with Gasteiger partial charge in [-0.05, 0) is 47.3 Å². The molecule has 1 saturated carbocycles. The first-order valence-corrected chi connectivity index (χ1v) is 7.17. The van der Waals surface area contributed by atoms with Crippen molar-refractivity contribution in [2.24, 2.45) is 5.92 Å². The van der Waals surface area contributed by atoms with Crippen molar-refractivity contribution >= 4 is 15.9 Å². The van der Waals surface area contributed by atoms with Gasteiger partial charge in [0.1, 0.15) is 5.76 Å². The Labute approximate surface area is 114 Å². The van der Waals surface area contributed by atoms with Crippen molar-refractivity contribution in [3.63, 3.8) is 0 Å². The molecule has 0 aromatic carbocycles. The Kier molecular flexibility index (Phi) is 4.43. The van der Waals surface area contributed by atoms with Crippen LogP contribution in [0.3, 0.4) is 0 Å². The molecule has 1 aromatic heterocycles. The Morgan fingerprint density at radius 3 is 2.67 bits per heavy atom. The van der Waals surface area contributed by atoms with E-state index in [1.54, 1.807) is 6.26 Å². The van der Waals surface area contributed by atoms with Crippen LogP contribution in [0.5, 0.6) is 0 Å². The molecule has 1 aliphatic rings. The Bertz CT molecular complexity index is 384. The molecule has 18 heavy (non-hydrogen) atoms. The molecule has 0 radical (unpaired) electrons. The van der Waals surface area contributed by atoms with Crippen molar-refractivity contribution < 1.29 is 13.2 Å². The van der Waals surface area contributed by atoms with Gasteiger partial charge in [-0.2, -0.15) is 0 Å². The van der Waals surface area contributed by atoms with E-state index in [-0.39, 0.29) is 24.8 Å². The second kappa shape index (κ2) is 5.70. The van der Waals surface area contributed by atoms with Gasteiger partial charge in [0.25, 0.3) is 0 Å². The number of furan rings is 1. The summed E-state index contributed by atoms with van der Waals surface area (Å²) in [7, 11) is 0. The SMILES string of the molecule is CCNC(c1occc1Br)C1CCC(F)(F)CC1. The van der Waals surface area contributed by atoms with Crippen molar-refractivity contribution in [2.75, 3.05) is 6.54 Å². The lowest BCUT2D eigenvalue weighted by Gasteiger charge is -2.33. The normalized spacial score (nSPS) is 22.0. The molecule has 1 heterocycles. The van der Waals surface area contributed by atoms with E-state index in [4.69, 9.17) is 4.42 Å². The van der Waals surface area contributed by atoms with Crippen LogP contribution in [0, 0.1) is 5.92 Å². The summed E-state index contributed by atoms with van der Waals surface area (Å²) < 4.78 is 32.8. The van der Waals surface area contributed by atoms with Crippen LogP contribution < -0.4 is 5.32 Å². The molecule has 1 N–H and O–H groups in total. The van der Waals surface area contributed by atoms with E-state index >= 15 is 0 Å². The van der Waals surface area contributed by atoms with E-state index in [0.29, 0.717) is 12.8 Å². The average molecular weight is 322 g/mol. The number of halogens is 3. The van der Waals surface area contributed by atoms with E-state index in [1.165, 1.54) is 0 Å². The molecule has 2 rings (SSSR count). The quantitative estimate of drug-likeness (QED) is 0.882. The fourth-order valence-corrected chi connectivity index (χ4v) is 3.06. The maximum Gasteiger partial charge on any atom is 0.248 e. The van der Waals surface area contributed by atoms with Gasteiger partial charge >= 0.3 is 0 Å². The second-order valence-electron chi connectivity index (χ2n) is 4.86. The average Bonchev–Trinajstić information content (AvgIpc) is 2.73. The molecule has 0 aliphatic heterocycles. The van der Waals surface area contributed by atoms with Gasteiger partial charge in [-0.1, -0.05) is 6.92 Å². The number of nitrogens with one attached hydrogen (secondary N) is 1. The third-order valence-corrected chi connectivity index (χ3v) is 4.24. The first kappa shape index (κ1) is 14.0. The summed E-state index contributed by atoms with van der Waals surface area (Å²) >= 11 is 3.44. The topological polar surface area (TPSA) is 25.2 Å². The lowest BCUT2D eigenvalue weighted by molar-refractivity contribution is -0.0505. The van der Waals surface area contributed by atoms with Crippen LogP contribution in [0.15, 0.2) is 21.2 Å². The molecule has 1 fully saturated rings. The minimum atomic E-state index is -2.48. The molecule has 1 unspecified atom stereocenters. The van der Waals surface area contributed by atoms with E-state index < -0.39 is 5.92 Å². The van der Waals surface area contributed by atoms with Crippen LogP contribution in [-0.4, -0.2) is 12.5 Å². The van der Waals surface area contributed by atoms with Crippen molar-refractivity contribution in [1.29, 1.82) is 0 Å². The molecule has 0 saturated heterocycles. The van der Waals surface area contributed by atoms with Crippen LogP contribution in [0.4, 0.5) is 8.78 Å². The van der Waals surface area contributed by atoms with Crippen molar-refractivity contribution in [3.05, 3.63) is 22.6 Å². The van der Waals surface area contributed by atoms with E-state index in [1.807, 2.05) is 13.0 Å². The predicted molar refractivity (Wildman–Crippen MR) is 69.7 cm³/mol. The molecule has 5 heteroatoms. The Morgan fingerprint density at radius 2 is 2.17 bits per heavy atom. The minimum absolute atomic E-state index is 0.0160. The zero-order valence-corrected chi connectivity index (χ0v) is 12.0. The van der Waals surface area contributed by atoms with Gasteiger partial charge in [0.2, 0.25) is 5.92 Å². The number of rotatable bonds is 4. The first-order valence-electron chi connectivity index (χ1n) is 6.37. The minimum Gasteiger partial charge on any atom is -0.466 e. The summed E-state index contributed by atoms with van der Waals surface area (Å²) in [5.41, 5.74) is 0. The highest BCUT2D eigenvalue weighted by atomic mass is 79.9. The second-order valence-corrected chi connectivity index (χ2v) is 5.72. The summed E-state index contributed by atoms with van der Waals surface area (Å²) in [4.78, 5) is 0. The van der Waals surface area contributed by atoms with Crippen molar-refractivity contribution in [1.82, 2.24) is 5.32 Å². The monoisotopic (exact) mass is 321 g/mol. The molecule has 0 bridgehead atoms. The third kappa shape index (κ3) is 3.12. The van der Waals surface area contributed by atoms with Gasteiger partial charge in [0.15, 0.2) is 0 Å². The largest absolute Gasteiger partial charge is 0.466 e. The van der Waals surface area contributed by atoms with Gasteiger partial charge in [-0.15, -0.1) is 0 Å². The number of hydrogen-bond acceptors (Lipinski definition) is 2. The molecule has 1 aliphatic carbocycles. The molecule has 2 nitrogen and oxygen atoms in total. The third-order valence-electron chi connectivity index (χ3n) is 3.58. The molecule has 0 spiro atoms. The Morgan fingerprint density at radius 1 is 1.50 bits per heavy atom. The van der Waals surface area contributed by atoms with Crippen LogP contribution >= 0.6 is 15.9 Å². The molecule has 1 atom stereocenters. The Hall–Kier alpha value is -0.420. The van der Waals surface area contributed by atoms with Crippen LogP contribution in [-0.2, 0) is 0 Å². The smallest absolute Gasteiger partial charge is 0.248 e. The fraction of sp³-hybridized carbons (Fsp3) is 0.692. The van der Waals surface area contributed by atoms with Crippen molar-refractivity contribution in [3.8, 4) is 0 Å². The fourth-order valence-electron chi connectivity index (χ4n) is 2.62. The molecule has 1 aromatic rings. The standard InChI is InChI=1S/C13H18BrF2NO/c1-2-17-11(12-10(14)5-8-18-12)9-3-6-13(15,16)7-4-9/h5,8-9,11,17H,2-4,6-7H2,1H3. The molecule has 0 amide bonds. The van der Waals surface area contributed by atoms with Gasteiger partial charge < -0.3 is 9.73 Å². The summed E-state index contributed by atoms with van der Waals surface area (Å²) in [6.07, 6.45) is 2.67. The highest BCUT2D eigenvalue weighted by Gasteiger charge is 2.38. The van der Waals surface area contributed by atoms with Crippen molar-refractivity contribution in [2.45, 2.75) is 44.6 Å². The van der Waals surface area contributed by atoms with Crippen LogP contribution in [0.25, 0.3) is 0 Å². The maximum atomic E-state index is 13.2. The van der Waals surface area contributed by atoms with E-state index in [0.717, 1.165) is 16.8 Å². The van der Waals surface area contributed by atoms with E-state index in [2.05, 4.69) is 21.2 Å².